The molecule has 0 radical (unpaired) electrons. The van der Waals surface area contributed by atoms with Crippen LogP contribution in [0.3, 0.4) is 0 Å². The van der Waals surface area contributed by atoms with Crippen molar-refractivity contribution in [1.82, 2.24) is 15.5 Å². The molecule has 0 saturated heterocycles. The van der Waals surface area contributed by atoms with Crippen LogP contribution in [0.5, 0.6) is 0 Å². The molecule has 1 atom stereocenters. The van der Waals surface area contributed by atoms with Crippen molar-refractivity contribution in [2.24, 2.45) is 11.7 Å². The first-order chi connectivity index (χ1) is 11.2. The molecular formula is C17H22N4O2. The van der Waals surface area contributed by atoms with Gasteiger partial charge in [0.05, 0.1) is 0 Å². The fourth-order valence-corrected chi connectivity index (χ4v) is 2.90. The van der Waals surface area contributed by atoms with E-state index in [1.165, 1.54) is 0 Å². The molecule has 23 heavy (non-hydrogen) atoms. The average Bonchev–Trinajstić information content (AvgIpc) is 3.26. The molecule has 1 aromatic carbocycles. The number of carbonyl (C=O) groups is 1. The van der Waals surface area contributed by atoms with E-state index < -0.39 is 0 Å². The number of nitrogens with one attached hydrogen (secondary N) is 1. The normalized spacial score (nSPS) is 16.4. The Morgan fingerprint density at radius 1 is 1.35 bits per heavy atom. The van der Waals surface area contributed by atoms with E-state index in [2.05, 4.69) is 15.5 Å². The molecule has 0 spiro atoms. The smallest absolute Gasteiger partial charge is 0.249 e. The Hall–Kier alpha value is -2.21. The van der Waals surface area contributed by atoms with E-state index in [1.807, 2.05) is 31.2 Å². The molecule has 0 aliphatic heterocycles. The quantitative estimate of drug-likeness (QED) is 0.884. The zero-order valence-electron chi connectivity index (χ0n) is 13.3. The molecule has 1 aliphatic rings. The van der Waals surface area contributed by atoms with Gasteiger partial charge in [0.1, 0.15) is 6.04 Å². The van der Waals surface area contributed by atoms with Gasteiger partial charge in [-0.3, -0.25) is 4.79 Å². The molecule has 1 aliphatic carbocycles. The molecule has 1 aromatic heterocycles. The van der Waals surface area contributed by atoms with E-state index in [9.17, 15) is 4.79 Å². The highest BCUT2D eigenvalue weighted by atomic mass is 16.5. The molecule has 122 valence electrons. The number of rotatable bonds is 5. The van der Waals surface area contributed by atoms with Gasteiger partial charge >= 0.3 is 0 Å². The predicted molar refractivity (Wildman–Crippen MR) is 86.1 cm³/mol. The average molecular weight is 314 g/mol. The second-order valence-electron chi connectivity index (χ2n) is 6.07. The minimum atomic E-state index is -0.285. The topological polar surface area (TPSA) is 94.0 Å². The Bertz CT molecular complexity index is 659. The van der Waals surface area contributed by atoms with Crippen LogP contribution >= 0.6 is 0 Å². The van der Waals surface area contributed by atoms with Gasteiger partial charge < -0.3 is 15.6 Å². The molecule has 6 heteroatoms. The maximum Gasteiger partial charge on any atom is 0.249 e. The summed E-state index contributed by atoms with van der Waals surface area (Å²) in [6.07, 6.45) is 4.22. The van der Waals surface area contributed by atoms with Gasteiger partial charge in [-0.25, -0.2) is 0 Å². The van der Waals surface area contributed by atoms with Crippen molar-refractivity contribution in [2.75, 3.05) is 0 Å². The zero-order chi connectivity index (χ0) is 16.2. The summed E-state index contributed by atoms with van der Waals surface area (Å²) in [6, 6.07) is 7.43. The third-order valence-corrected chi connectivity index (χ3v) is 4.34. The molecule has 0 bridgehead atoms. The number of benzene rings is 1. The van der Waals surface area contributed by atoms with Crippen LogP contribution in [0.25, 0.3) is 11.4 Å². The van der Waals surface area contributed by atoms with E-state index >= 15 is 0 Å². The SMILES string of the molecule is CC(NC(=O)C1CCCC1)c1nc(-c2ccc(CN)cc2)no1. The van der Waals surface area contributed by atoms with E-state index in [1.54, 1.807) is 0 Å². The fourth-order valence-electron chi connectivity index (χ4n) is 2.90. The number of hydrogen-bond donors (Lipinski definition) is 2. The second kappa shape index (κ2) is 6.91. The minimum Gasteiger partial charge on any atom is -0.344 e. The third-order valence-electron chi connectivity index (χ3n) is 4.34. The Balaban J connectivity index is 1.66. The van der Waals surface area contributed by atoms with Gasteiger partial charge in [-0.05, 0) is 25.3 Å². The van der Waals surface area contributed by atoms with E-state index in [0.717, 1.165) is 36.8 Å². The lowest BCUT2D eigenvalue weighted by Crippen LogP contribution is -2.31. The Labute approximate surface area is 135 Å². The summed E-state index contributed by atoms with van der Waals surface area (Å²) >= 11 is 0. The number of aromatic nitrogens is 2. The van der Waals surface area contributed by atoms with Crippen LogP contribution in [0, 0.1) is 5.92 Å². The first-order valence-electron chi connectivity index (χ1n) is 8.10. The van der Waals surface area contributed by atoms with Crippen LogP contribution in [0.1, 0.15) is 50.1 Å². The van der Waals surface area contributed by atoms with Crippen LogP contribution in [0.2, 0.25) is 0 Å². The van der Waals surface area contributed by atoms with Gasteiger partial charge in [0.2, 0.25) is 17.6 Å². The van der Waals surface area contributed by atoms with Crippen LogP contribution in [-0.2, 0) is 11.3 Å². The summed E-state index contributed by atoms with van der Waals surface area (Å²) < 4.78 is 5.30. The number of nitrogens with zero attached hydrogens (tertiary/aromatic N) is 2. The predicted octanol–water partition coefficient (Wildman–Crippen LogP) is 2.56. The van der Waals surface area contributed by atoms with Crippen molar-refractivity contribution >= 4 is 5.91 Å². The van der Waals surface area contributed by atoms with Gasteiger partial charge in [0.15, 0.2) is 0 Å². The van der Waals surface area contributed by atoms with Crippen molar-refractivity contribution in [3.8, 4) is 11.4 Å². The zero-order valence-corrected chi connectivity index (χ0v) is 13.3. The first-order valence-corrected chi connectivity index (χ1v) is 8.10. The van der Waals surface area contributed by atoms with Crippen molar-refractivity contribution in [3.05, 3.63) is 35.7 Å². The molecule has 1 amide bonds. The van der Waals surface area contributed by atoms with Crippen LogP contribution < -0.4 is 11.1 Å². The molecule has 1 fully saturated rings. The number of nitrogens with two attached hydrogens (primary N) is 1. The fraction of sp³-hybridized carbons (Fsp3) is 0.471. The van der Waals surface area contributed by atoms with Crippen molar-refractivity contribution in [3.63, 3.8) is 0 Å². The molecule has 1 heterocycles. The minimum absolute atomic E-state index is 0.0852. The Kier molecular flexibility index (Phi) is 4.71. The first kappa shape index (κ1) is 15.7. The van der Waals surface area contributed by atoms with Crippen molar-refractivity contribution in [1.29, 1.82) is 0 Å². The lowest BCUT2D eigenvalue weighted by molar-refractivity contribution is -0.125. The summed E-state index contributed by atoms with van der Waals surface area (Å²) in [6.45, 7) is 2.36. The van der Waals surface area contributed by atoms with Crippen LogP contribution in [-0.4, -0.2) is 16.0 Å². The van der Waals surface area contributed by atoms with Gasteiger partial charge in [0.25, 0.3) is 0 Å². The van der Waals surface area contributed by atoms with Gasteiger partial charge in [-0.2, -0.15) is 4.98 Å². The summed E-state index contributed by atoms with van der Waals surface area (Å²) in [5.41, 5.74) is 7.51. The lowest BCUT2D eigenvalue weighted by atomic mass is 10.1. The molecule has 3 N–H and O–H groups in total. The third kappa shape index (κ3) is 3.59. The summed E-state index contributed by atoms with van der Waals surface area (Å²) in [5.74, 6) is 1.16. The highest BCUT2D eigenvalue weighted by Crippen LogP contribution is 2.26. The maximum absolute atomic E-state index is 12.2. The highest BCUT2D eigenvalue weighted by molar-refractivity contribution is 5.79. The summed E-state index contributed by atoms with van der Waals surface area (Å²) in [4.78, 5) is 16.6. The van der Waals surface area contributed by atoms with Crippen molar-refractivity contribution < 1.29 is 9.32 Å². The van der Waals surface area contributed by atoms with Gasteiger partial charge in [-0.15, -0.1) is 0 Å². The van der Waals surface area contributed by atoms with E-state index in [4.69, 9.17) is 10.3 Å². The van der Waals surface area contributed by atoms with E-state index in [-0.39, 0.29) is 17.9 Å². The van der Waals surface area contributed by atoms with Gasteiger partial charge in [0, 0.05) is 18.0 Å². The maximum atomic E-state index is 12.2. The summed E-state index contributed by atoms with van der Waals surface area (Å²) in [7, 11) is 0. The molecule has 1 unspecified atom stereocenters. The molecule has 6 nitrogen and oxygen atoms in total. The largest absolute Gasteiger partial charge is 0.344 e. The Morgan fingerprint density at radius 2 is 2.04 bits per heavy atom. The molecule has 3 rings (SSSR count). The highest BCUT2D eigenvalue weighted by Gasteiger charge is 2.25. The van der Waals surface area contributed by atoms with Crippen LogP contribution in [0.15, 0.2) is 28.8 Å². The standard InChI is InChI=1S/C17H22N4O2/c1-11(19-16(22)14-4-2-3-5-14)17-20-15(21-23-17)13-8-6-12(10-18)7-9-13/h6-9,11,14H,2-5,10,18H2,1H3,(H,19,22). The second-order valence-corrected chi connectivity index (χ2v) is 6.07. The van der Waals surface area contributed by atoms with Crippen molar-refractivity contribution in [2.45, 2.75) is 45.2 Å². The molecule has 2 aromatic rings. The monoisotopic (exact) mass is 314 g/mol. The lowest BCUT2D eigenvalue weighted by Gasteiger charge is -2.13. The number of carbonyl (C=O) groups excluding carboxylic acids is 1. The van der Waals surface area contributed by atoms with Gasteiger partial charge in [-0.1, -0.05) is 42.3 Å². The number of amides is 1. The molecule has 1 saturated carbocycles. The number of hydrogen-bond acceptors (Lipinski definition) is 5. The Morgan fingerprint density at radius 3 is 2.70 bits per heavy atom. The van der Waals surface area contributed by atoms with E-state index in [0.29, 0.717) is 18.3 Å². The summed E-state index contributed by atoms with van der Waals surface area (Å²) in [5, 5.41) is 6.97. The van der Waals surface area contributed by atoms with Crippen LogP contribution in [0.4, 0.5) is 0 Å². The molecular weight excluding hydrogens is 292 g/mol.